The van der Waals surface area contributed by atoms with Crippen LogP contribution < -0.4 is 10.2 Å². The van der Waals surface area contributed by atoms with Crippen LogP contribution in [0.4, 0.5) is 16.3 Å². The normalized spacial score (nSPS) is 23.5. The van der Waals surface area contributed by atoms with Gasteiger partial charge in [0.25, 0.3) is 0 Å². The predicted molar refractivity (Wildman–Crippen MR) is 113 cm³/mol. The number of hydrogen-bond donors (Lipinski definition) is 1. The molecule has 2 fully saturated rings. The lowest BCUT2D eigenvalue weighted by molar-refractivity contribution is -0.122. The lowest BCUT2D eigenvalue weighted by Crippen LogP contribution is -2.41. The molecule has 2 amide bonds. The molecule has 1 saturated carbocycles. The van der Waals surface area contributed by atoms with Crippen molar-refractivity contribution in [3.63, 3.8) is 0 Å². The topological polar surface area (TPSA) is 84.4 Å². The fourth-order valence-corrected chi connectivity index (χ4v) is 4.36. The van der Waals surface area contributed by atoms with Crippen LogP contribution in [0, 0.1) is 5.92 Å². The number of nitrogens with zero attached hydrogens (tertiary/aromatic N) is 3. The monoisotopic (exact) mass is 402 g/mol. The Bertz CT molecular complexity index is 1090. The van der Waals surface area contributed by atoms with Gasteiger partial charge in [0.2, 0.25) is 5.91 Å². The Kier molecular flexibility index (Phi) is 4.58. The number of para-hydroxylation sites is 1. The Balaban J connectivity index is 1.22. The number of fused-ring (bicyclic) bond motifs is 1. The number of carbonyl (C=O) groups excluding carboxylic acids is 2. The molecule has 2 aromatic heterocycles. The van der Waals surface area contributed by atoms with Crippen molar-refractivity contribution >= 4 is 34.4 Å². The summed E-state index contributed by atoms with van der Waals surface area (Å²) in [5.74, 6) is 0.487. The van der Waals surface area contributed by atoms with Gasteiger partial charge in [0.1, 0.15) is 11.4 Å². The average molecular weight is 402 g/mol. The van der Waals surface area contributed by atoms with Gasteiger partial charge in [0, 0.05) is 17.5 Å². The van der Waals surface area contributed by atoms with Crippen LogP contribution in [-0.4, -0.2) is 34.1 Å². The van der Waals surface area contributed by atoms with E-state index in [0.29, 0.717) is 43.7 Å². The number of benzene rings is 1. The third-order valence-corrected chi connectivity index (χ3v) is 6.02. The maximum Gasteiger partial charge on any atom is 0.416 e. The molecule has 0 unspecified atom stereocenters. The van der Waals surface area contributed by atoms with Crippen molar-refractivity contribution in [2.75, 3.05) is 16.8 Å². The zero-order chi connectivity index (χ0) is 20.6. The number of rotatable bonds is 3. The predicted octanol–water partition coefficient (Wildman–Crippen LogP) is 4.15. The van der Waals surface area contributed by atoms with Crippen LogP contribution in [0.25, 0.3) is 10.9 Å². The van der Waals surface area contributed by atoms with Crippen LogP contribution in [0.1, 0.15) is 25.7 Å². The molecule has 3 heterocycles. The first kappa shape index (κ1) is 18.5. The van der Waals surface area contributed by atoms with Crippen molar-refractivity contribution in [3.8, 4) is 0 Å². The van der Waals surface area contributed by atoms with E-state index in [-0.39, 0.29) is 17.9 Å². The van der Waals surface area contributed by atoms with Crippen LogP contribution >= 0.6 is 0 Å². The second-order valence-corrected chi connectivity index (χ2v) is 8.01. The summed E-state index contributed by atoms with van der Waals surface area (Å²) in [4.78, 5) is 35.4. The van der Waals surface area contributed by atoms with Crippen LogP contribution in [0.2, 0.25) is 0 Å². The van der Waals surface area contributed by atoms with Crippen LogP contribution in [0.15, 0.2) is 60.9 Å². The van der Waals surface area contributed by atoms with E-state index in [1.165, 1.54) is 0 Å². The average Bonchev–Trinajstić information content (AvgIpc) is 3.10. The summed E-state index contributed by atoms with van der Waals surface area (Å²) in [5.41, 5.74) is 1.07. The van der Waals surface area contributed by atoms with Crippen molar-refractivity contribution in [3.05, 3.63) is 60.9 Å². The molecule has 1 aromatic carbocycles. The second-order valence-electron chi connectivity index (χ2n) is 8.01. The molecule has 1 aliphatic carbocycles. The first-order valence-electron chi connectivity index (χ1n) is 10.2. The van der Waals surface area contributed by atoms with Gasteiger partial charge in [-0.25, -0.2) is 9.78 Å². The first-order valence-corrected chi connectivity index (χ1v) is 10.2. The van der Waals surface area contributed by atoms with E-state index < -0.39 is 5.60 Å². The van der Waals surface area contributed by atoms with Crippen molar-refractivity contribution in [1.29, 1.82) is 0 Å². The summed E-state index contributed by atoms with van der Waals surface area (Å²) >= 11 is 0. The van der Waals surface area contributed by atoms with Gasteiger partial charge in [-0.1, -0.05) is 24.3 Å². The number of anilines is 2. The first-order chi connectivity index (χ1) is 14.6. The molecular formula is C23H22N4O3. The smallest absolute Gasteiger partial charge is 0.416 e. The number of pyridine rings is 2. The molecule has 1 aliphatic heterocycles. The van der Waals surface area contributed by atoms with Crippen LogP contribution in [-0.2, 0) is 9.53 Å². The highest BCUT2D eigenvalue weighted by molar-refractivity contribution is 5.94. The van der Waals surface area contributed by atoms with Gasteiger partial charge >= 0.3 is 6.09 Å². The Morgan fingerprint density at radius 3 is 2.70 bits per heavy atom. The lowest BCUT2D eigenvalue weighted by Gasteiger charge is -2.34. The SMILES string of the molecule is O=C(Nc1cnc2ccccc2c1)C1CCC2(CC1)CN(c1ccccn1)C(=O)O2. The molecule has 5 rings (SSSR count). The molecule has 0 radical (unpaired) electrons. The van der Waals surface area contributed by atoms with Gasteiger partial charge in [-0.05, 0) is 49.9 Å². The Labute approximate surface area is 174 Å². The molecule has 7 nitrogen and oxygen atoms in total. The van der Waals surface area contributed by atoms with Crippen molar-refractivity contribution in [1.82, 2.24) is 9.97 Å². The van der Waals surface area contributed by atoms with E-state index in [1.54, 1.807) is 23.4 Å². The number of amides is 2. The summed E-state index contributed by atoms with van der Waals surface area (Å²) in [6.45, 7) is 0.478. The number of carbonyl (C=O) groups is 2. The maximum atomic E-state index is 12.8. The molecule has 0 atom stereocenters. The van der Waals surface area contributed by atoms with Gasteiger partial charge in [-0.15, -0.1) is 0 Å². The third-order valence-electron chi connectivity index (χ3n) is 6.02. The van der Waals surface area contributed by atoms with Gasteiger partial charge < -0.3 is 10.1 Å². The summed E-state index contributed by atoms with van der Waals surface area (Å²) < 4.78 is 5.76. The Morgan fingerprint density at radius 2 is 1.90 bits per heavy atom. The van der Waals surface area contributed by atoms with Crippen LogP contribution in [0.3, 0.4) is 0 Å². The molecule has 7 heteroatoms. The molecule has 3 aromatic rings. The minimum Gasteiger partial charge on any atom is -0.441 e. The second kappa shape index (κ2) is 7.40. The fraction of sp³-hybridized carbons (Fsp3) is 0.304. The number of nitrogens with one attached hydrogen (secondary N) is 1. The summed E-state index contributed by atoms with van der Waals surface area (Å²) in [5, 5.41) is 3.99. The molecule has 2 aliphatic rings. The fourth-order valence-electron chi connectivity index (χ4n) is 4.36. The molecule has 1 spiro atoms. The number of aromatic nitrogens is 2. The molecule has 1 N–H and O–H groups in total. The third kappa shape index (κ3) is 3.47. The van der Waals surface area contributed by atoms with E-state index >= 15 is 0 Å². The van der Waals surface area contributed by atoms with E-state index in [2.05, 4.69) is 15.3 Å². The minimum atomic E-state index is -0.532. The van der Waals surface area contributed by atoms with E-state index in [0.717, 1.165) is 10.9 Å². The van der Waals surface area contributed by atoms with E-state index in [4.69, 9.17) is 4.74 Å². The number of ether oxygens (including phenoxy) is 1. The van der Waals surface area contributed by atoms with Crippen LogP contribution in [0.5, 0.6) is 0 Å². The largest absolute Gasteiger partial charge is 0.441 e. The molecule has 152 valence electrons. The maximum absolute atomic E-state index is 12.8. The van der Waals surface area contributed by atoms with Gasteiger partial charge in [-0.3, -0.25) is 14.7 Å². The summed E-state index contributed by atoms with van der Waals surface area (Å²) in [7, 11) is 0. The lowest BCUT2D eigenvalue weighted by atomic mass is 9.78. The molecule has 30 heavy (non-hydrogen) atoms. The highest BCUT2D eigenvalue weighted by Gasteiger charge is 2.48. The van der Waals surface area contributed by atoms with Gasteiger partial charge in [0.15, 0.2) is 0 Å². The zero-order valence-corrected chi connectivity index (χ0v) is 16.5. The molecule has 1 saturated heterocycles. The zero-order valence-electron chi connectivity index (χ0n) is 16.5. The standard InChI is InChI=1S/C23H22N4O3/c28-21(26-18-13-17-5-1-2-6-19(17)25-14-18)16-8-10-23(11-9-16)15-27(22(29)30-23)20-7-3-4-12-24-20/h1-7,12-14,16H,8-11,15H2,(H,26,28). The van der Waals surface area contributed by atoms with E-state index in [1.807, 2.05) is 42.5 Å². The summed E-state index contributed by atoms with van der Waals surface area (Å²) in [6.07, 6.45) is 5.67. The van der Waals surface area contributed by atoms with Crippen molar-refractivity contribution < 1.29 is 14.3 Å². The van der Waals surface area contributed by atoms with E-state index in [9.17, 15) is 9.59 Å². The molecule has 0 bridgehead atoms. The minimum absolute atomic E-state index is 0.00663. The van der Waals surface area contributed by atoms with Crippen molar-refractivity contribution in [2.24, 2.45) is 5.92 Å². The molecular weight excluding hydrogens is 380 g/mol. The summed E-state index contributed by atoms with van der Waals surface area (Å²) in [6, 6.07) is 15.2. The Morgan fingerprint density at radius 1 is 1.10 bits per heavy atom. The highest BCUT2D eigenvalue weighted by atomic mass is 16.6. The van der Waals surface area contributed by atoms with Crippen molar-refractivity contribution in [2.45, 2.75) is 31.3 Å². The number of hydrogen-bond acceptors (Lipinski definition) is 5. The van der Waals surface area contributed by atoms with Gasteiger partial charge in [-0.2, -0.15) is 0 Å². The highest BCUT2D eigenvalue weighted by Crippen LogP contribution is 2.40. The quantitative estimate of drug-likeness (QED) is 0.711. The van der Waals surface area contributed by atoms with Gasteiger partial charge in [0.05, 0.1) is 23.9 Å². The Hall–Kier alpha value is -3.48.